The van der Waals surface area contributed by atoms with Gasteiger partial charge in [0.1, 0.15) is 23.0 Å². The zero-order valence-corrected chi connectivity index (χ0v) is 21.5. The molecule has 2 aromatic heterocycles. The second-order valence-corrected chi connectivity index (χ2v) is 9.10. The molecule has 12 heteroatoms. The lowest BCUT2D eigenvalue weighted by Gasteiger charge is -2.42. The van der Waals surface area contributed by atoms with Crippen LogP contribution in [0.2, 0.25) is 10.2 Å². The minimum absolute atomic E-state index is 0.0488. The van der Waals surface area contributed by atoms with E-state index in [1.165, 1.54) is 0 Å². The van der Waals surface area contributed by atoms with E-state index in [1.54, 1.807) is 53.5 Å². The predicted octanol–water partition coefficient (Wildman–Crippen LogP) is 3.11. The Kier molecular flexibility index (Phi) is 8.27. The molecule has 0 saturated carbocycles. The zero-order chi connectivity index (χ0) is 25.7. The van der Waals surface area contributed by atoms with Crippen LogP contribution in [-0.4, -0.2) is 69.0 Å². The van der Waals surface area contributed by atoms with E-state index in [4.69, 9.17) is 27.9 Å². The average Bonchev–Trinajstić information content (AvgIpc) is 3.42. The highest BCUT2D eigenvalue weighted by Gasteiger charge is 2.32. The van der Waals surface area contributed by atoms with E-state index >= 15 is 0 Å². The molecule has 3 heterocycles. The highest BCUT2D eigenvalue weighted by Crippen LogP contribution is 2.26. The third-order valence-corrected chi connectivity index (χ3v) is 6.45. The molecule has 190 valence electrons. The number of benzene rings is 1. The Morgan fingerprint density at radius 1 is 1.19 bits per heavy atom. The molecule has 0 spiro atoms. The van der Waals surface area contributed by atoms with Crippen molar-refractivity contribution >= 4 is 40.8 Å². The van der Waals surface area contributed by atoms with Crippen LogP contribution in [0.3, 0.4) is 0 Å². The molecule has 2 amide bonds. The Morgan fingerprint density at radius 3 is 2.72 bits per heavy atom. The summed E-state index contributed by atoms with van der Waals surface area (Å²) < 4.78 is 6.84. The summed E-state index contributed by atoms with van der Waals surface area (Å²) in [5.74, 6) is 1.43. The van der Waals surface area contributed by atoms with Crippen molar-refractivity contribution in [3.63, 3.8) is 0 Å². The van der Waals surface area contributed by atoms with Gasteiger partial charge < -0.3 is 19.9 Å². The number of ether oxygens (including phenoxy) is 1. The van der Waals surface area contributed by atoms with E-state index in [2.05, 4.69) is 20.3 Å². The maximum atomic E-state index is 13.0. The number of anilines is 1. The predicted molar refractivity (Wildman–Crippen MR) is 137 cm³/mol. The number of piperazine rings is 1. The Balaban J connectivity index is 1.51. The number of hydrogen-bond acceptors (Lipinski definition) is 7. The Bertz CT molecular complexity index is 1220. The number of hydrogen-bond donors (Lipinski definition) is 1. The topological polar surface area (TPSA) is 105 Å². The zero-order valence-electron chi connectivity index (χ0n) is 20.0. The third-order valence-electron chi connectivity index (χ3n) is 5.96. The number of imidazole rings is 1. The molecular weight excluding hydrogens is 505 g/mol. The summed E-state index contributed by atoms with van der Waals surface area (Å²) in [6.07, 6.45) is 5.51. The van der Waals surface area contributed by atoms with Crippen LogP contribution in [0.15, 0.2) is 43.0 Å². The van der Waals surface area contributed by atoms with Crippen molar-refractivity contribution in [2.24, 2.45) is 0 Å². The van der Waals surface area contributed by atoms with E-state index in [0.717, 1.165) is 5.56 Å². The molecule has 1 saturated heterocycles. The van der Waals surface area contributed by atoms with Gasteiger partial charge in [0.2, 0.25) is 17.8 Å². The van der Waals surface area contributed by atoms with Crippen molar-refractivity contribution in [3.05, 3.63) is 58.7 Å². The lowest BCUT2D eigenvalue weighted by atomic mass is 10.1. The Hall–Kier alpha value is -3.37. The van der Waals surface area contributed by atoms with Crippen molar-refractivity contribution in [2.75, 3.05) is 31.6 Å². The average molecular weight is 532 g/mol. The number of rotatable bonds is 8. The van der Waals surface area contributed by atoms with Gasteiger partial charge in [-0.3, -0.25) is 14.2 Å². The minimum atomic E-state index is -0.296. The summed E-state index contributed by atoms with van der Waals surface area (Å²) in [4.78, 5) is 42.2. The third kappa shape index (κ3) is 6.06. The molecule has 1 aromatic carbocycles. The summed E-state index contributed by atoms with van der Waals surface area (Å²) in [5.41, 5.74) is 0.852. The summed E-state index contributed by atoms with van der Waals surface area (Å²) in [6, 6.07) is 6.74. The highest BCUT2D eigenvalue weighted by molar-refractivity contribution is 6.32. The van der Waals surface area contributed by atoms with Gasteiger partial charge in [-0.2, -0.15) is 4.98 Å². The Labute approximate surface area is 219 Å². The molecule has 1 atom stereocenters. The number of nitrogens with one attached hydrogen (secondary N) is 1. The number of aromatic nitrogens is 4. The van der Waals surface area contributed by atoms with E-state index < -0.39 is 0 Å². The van der Waals surface area contributed by atoms with Crippen LogP contribution >= 0.6 is 23.2 Å². The van der Waals surface area contributed by atoms with Crippen molar-refractivity contribution in [2.45, 2.75) is 32.4 Å². The van der Waals surface area contributed by atoms with Crippen LogP contribution in [-0.2, 0) is 16.1 Å². The molecule has 1 fully saturated rings. The Morgan fingerprint density at radius 2 is 2.03 bits per heavy atom. The molecule has 10 nitrogen and oxygen atoms in total. The number of methoxy groups -OCH3 is 1. The molecule has 36 heavy (non-hydrogen) atoms. The van der Waals surface area contributed by atoms with E-state index in [9.17, 15) is 9.59 Å². The lowest BCUT2D eigenvalue weighted by molar-refractivity contribution is -0.132. The number of carbonyl (C=O) groups excluding carboxylic acids is 2. The van der Waals surface area contributed by atoms with Gasteiger partial charge in [-0.1, -0.05) is 36.2 Å². The van der Waals surface area contributed by atoms with Crippen molar-refractivity contribution < 1.29 is 14.3 Å². The molecule has 1 aliphatic heterocycles. The fourth-order valence-corrected chi connectivity index (χ4v) is 4.58. The van der Waals surface area contributed by atoms with Gasteiger partial charge in [0.15, 0.2) is 0 Å². The largest absolute Gasteiger partial charge is 0.495 e. The number of nitrogens with zero attached hydrogens (tertiary/aromatic N) is 6. The first-order valence-corrected chi connectivity index (χ1v) is 12.3. The molecule has 1 unspecified atom stereocenters. The van der Waals surface area contributed by atoms with Crippen molar-refractivity contribution in [1.82, 2.24) is 29.7 Å². The first-order valence-electron chi connectivity index (χ1n) is 11.5. The molecule has 1 N–H and O–H groups in total. The second-order valence-electron chi connectivity index (χ2n) is 8.31. The summed E-state index contributed by atoms with van der Waals surface area (Å²) >= 11 is 12.5. The lowest BCUT2D eigenvalue weighted by Crippen LogP contribution is -2.56. The molecule has 0 aliphatic carbocycles. The number of halogens is 2. The van der Waals surface area contributed by atoms with Gasteiger partial charge in [-0.15, -0.1) is 0 Å². The minimum Gasteiger partial charge on any atom is -0.495 e. The van der Waals surface area contributed by atoms with Gasteiger partial charge in [-0.05, 0) is 17.7 Å². The summed E-state index contributed by atoms with van der Waals surface area (Å²) in [7, 11) is 1.55. The maximum Gasteiger partial charge on any atom is 0.238 e. The van der Waals surface area contributed by atoms with E-state index in [0.29, 0.717) is 55.1 Å². The molecular formula is C24H27Cl2N7O3. The molecule has 0 radical (unpaired) electrons. The van der Waals surface area contributed by atoms with Crippen LogP contribution in [0, 0.1) is 0 Å². The van der Waals surface area contributed by atoms with Gasteiger partial charge in [0, 0.05) is 57.5 Å². The van der Waals surface area contributed by atoms with Crippen LogP contribution in [0.1, 0.15) is 25.3 Å². The normalized spacial score (nSPS) is 15.6. The summed E-state index contributed by atoms with van der Waals surface area (Å²) in [5, 5.41) is 3.70. The SMILES string of the molecule is CCC(=O)N1CCN(c2cc(Cl)nc(-n3ccnc3)n2)C(CC(=O)NCc2ccc(OC)c(Cl)c2)C1. The molecule has 0 bridgehead atoms. The van der Waals surface area contributed by atoms with Gasteiger partial charge in [-0.25, -0.2) is 9.97 Å². The fourth-order valence-electron chi connectivity index (χ4n) is 4.12. The van der Waals surface area contributed by atoms with Crippen LogP contribution in [0.4, 0.5) is 5.82 Å². The van der Waals surface area contributed by atoms with Crippen molar-refractivity contribution in [3.8, 4) is 11.7 Å². The fraction of sp³-hybridized carbons (Fsp3) is 0.375. The molecule has 3 aromatic rings. The quantitative estimate of drug-likeness (QED) is 0.445. The van der Waals surface area contributed by atoms with Crippen molar-refractivity contribution in [1.29, 1.82) is 0 Å². The standard InChI is InChI=1S/C24H27Cl2N7O3/c1-3-23(35)31-8-9-33(21-12-20(26)29-24(30-21)32-7-6-27-15-32)17(14-31)11-22(34)28-13-16-4-5-19(36-2)18(25)10-16/h4-7,10,12,15,17H,3,8-9,11,13-14H2,1-2H3,(H,28,34). The van der Waals surface area contributed by atoms with Gasteiger partial charge in [0.25, 0.3) is 0 Å². The second kappa shape index (κ2) is 11.6. The summed E-state index contributed by atoms with van der Waals surface area (Å²) in [6.45, 7) is 3.58. The first kappa shape index (κ1) is 25.7. The van der Waals surface area contributed by atoms with Crippen LogP contribution in [0.5, 0.6) is 5.75 Å². The number of amides is 2. The van der Waals surface area contributed by atoms with Crippen LogP contribution < -0.4 is 15.0 Å². The van der Waals surface area contributed by atoms with Gasteiger partial charge >= 0.3 is 0 Å². The maximum absolute atomic E-state index is 13.0. The molecule has 4 rings (SSSR count). The monoisotopic (exact) mass is 531 g/mol. The van der Waals surface area contributed by atoms with Crippen LogP contribution in [0.25, 0.3) is 5.95 Å². The molecule has 1 aliphatic rings. The highest BCUT2D eigenvalue weighted by atomic mass is 35.5. The first-order chi connectivity index (χ1) is 17.4. The van der Waals surface area contributed by atoms with Gasteiger partial charge in [0.05, 0.1) is 18.2 Å². The van der Waals surface area contributed by atoms with E-state index in [1.807, 2.05) is 17.9 Å². The van der Waals surface area contributed by atoms with E-state index in [-0.39, 0.29) is 29.4 Å². The smallest absolute Gasteiger partial charge is 0.238 e. The number of carbonyl (C=O) groups is 2.